The summed E-state index contributed by atoms with van der Waals surface area (Å²) in [7, 11) is 1.88. The van der Waals surface area contributed by atoms with Crippen molar-refractivity contribution in [1.29, 1.82) is 0 Å². The van der Waals surface area contributed by atoms with Crippen molar-refractivity contribution in [1.82, 2.24) is 20.4 Å². The summed E-state index contributed by atoms with van der Waals surface area (Å²) in [5, 5.41) is 10.2. The van der Waals surface area contributed by atoms with Gasteiger partial charge in [0.05, 0.1) is 18.2 Å². The van der Waals surface area contributed by atoms with E-state index >= 15 is 0 Å². The molecule has 2 atom stereocenters. The molecule has 0 spiro atoms. The number of carbonyl (C=O) groups is 1. The SMILES string of the molecule is CC1CNCC1C(=O)NCc1ccnn1C. The van der Waals surface area contributed by atoms with Crippen LogP contribution in [0.3, 0.4) is 0 Å². The second-order valence-electron chi connectivity index (χ2n) is 4.41. The molecule has 5 heteroatoms. The molecular weight excluding hydrogens is 204 g/mol. The van der Waals surface area contributed by atoms with Gasteiger partial charge in [0.25, 0.3) is 0 Å². The summed E-state index contributed by atoms with van der Waals surface area (Å²) < 4.78 is 1.77. The van der Waals surface area contributed by atoms with E-state index in [9.17, 15) is 4.79 Å². The lowest BCUT2D eigenvalue weighted by Crippen LogP contribution is -2.34. The molecule has 1 aromatic rings. The molecule has 1 aliphatic heterocycles. The predicted molar refractivity (Wildman–Crippen MR) is 60.6 cm³/mol. The normalized spacial score (nSPS) is 24.6. The van der Waals surface area contributed by atoms with Crippen LogP contribution in [0.25, 0.3) is 0 Å². The first-order valence-electron chi connectivity index (χ1n) is 5.64. The Morgan fingerprint density at radius 1 is 1.69 bits per heavy atom. The van der Waals surface area contributed by atoms with Gasteiger partial charge in [0.2, 0.25) is 5.91 Å². The van der Waals surface area contributed by atoms with E-state index in [1.807, 2.05) is 13.1 Å². The zero-order valence-corrected chi connectivity index (χ0v) is 9.73. The number of rotatable bonds is 3. The molecule has 16 heavy (non-hydrogen) atoms. The Balaban J connectivity index is 1.86. The van der Waals surface area contributed by atoms with Crippen molar-refractivity contribution in [3.8, 4) is 0 Å². The molecule has 1 fully saturated rings. The highest BCUT2D eigenvalue weighted by Gasteiger charge is 2.29. The van der Waals surface area contributed by atoms with Crippen molar-refractivity contribution in [2.24, 2.45) is 18.9 Å². The number of aryl methyl sites for hydroxylation is 1. The highest BCUT2D eigenvalue weighted by Crippen LogP contribution is 2.15. The Morgan fingerprint density at radius 2 is 2.50 bits per heavy atom. The van der Waals surface area contributed by atoms with Crippen LogP contribution in [0.5, 0.6) is 0 Å². The van der Waals surface area contributed by atoms with Crippen molar-refractivity contribution in [2.75, 3.05) is 13.1 Å². The first-order chi connectivity index (χ1) is 7.68. The van der Waals surface area contributed by atoms with Gasteiger partial charge in [-0.3, -0.25) is 9.48 Å². The molecule has 1 saturated heterocycles. The summed E-state index contributed by atoms with van der Waals surface area (Å²) >= 11 is 0. The topological polar surface area (TPSA) is 59.0 Å². The van der Waals surface area contributed by atoms with Gasteiger partial charge in [-0.15, -0.1) is 0 Å². The lowest BCUT2D eigenvalue weighted by Gasteiger charge is -2.14. The standard InChI is InChI=1S/C11H18N4O/c1-8-5-12-7-10(8)11(16)13-6-9-3-4-14-15(9)2/h3-4,8,10,12H,5-7H2,1-2H3,(H,13,16). The highest BCUT2D eigenvalue weighted by atomic mass is 16.1. The summed E-state index contributed by atoms with van der Waals surface area (Å²) in [5.74, 6) is 0.665. The average Bonchev–Trinajstić information content (AvgIpc) is 2.84. The third kappa shape index (κ3) is 2.24. The summed E-state index contributed by atoms with van der Waals surface area (Å²) in [5.41, 5.74) is 1.02. The Morgan fingerprint density at radius 3 is 3.06 bits per heavy atom. The van der Waals surface area contributed by atoms with Crippen LogP contribution in [0.2, 0.25) is 0 Å². The summed E-state index contributed by atoms with van der Waals surface area (Å²) in [6.07, 6.45) is 1.74. The van der Waals surface area contributed by atoms with Gasteiger partial charge in [0, 0.05) is 19.8 Å². The number of nitrogens with one attached hydrogen (secondary N) is 2. The van der Waals surface area contributed by atoms with Gasteiger partial charge in [0.15, 0.2) is 0 Å². The Hall–Kier alpha value is -1.36. The minimum absolute atomic E-state index is 0.105. The molecule has 2 unspecified atom stereocenters. The van der Waals surface area contributed by atoms with E-state index in [1.54, 1.807) is 10.9 Å². The number of amides is 1. The average molecular weight is 222 g/mol. The van der Waals surface area contributed by atoms with Crippen LogP contribution < -0.4 is 10.6 Å². The van der Waals surface area contributed by atoms with Gasteiger partial charge in [-0.25, -0.2) is 0 Å². The van der Waals surface area contributed by atoms with E-state index in [0.717, 1.165) is 18.8 Å². The molecule has 0 saturated carbocycles. The summed E-state index contributed by atoms with van der Waals surface area (Å²) in [4.78, 5) is 11.9. The fraction of sp³-hybridized carbons (Fsp3) is 0.636. The third-order valence-electron chi connectivity index (χ3n) is 3.22. The van der Waals surface area contributed by atoms with Crippen LogP contribution in [0, 0.1) is 11.8 Å². The van der Waals surface area contributed by atoms with Crippen molar-refractivity contribution in [3.05, 3.63) is 18.0 Å². The summed E-state index contributed by atoms with van der Waals surface area (Å²) in [6.45, 7) is 4.38. The molecule has 0 aromatic carbocycles. The van der Waals surface area contributed by atoms with Crippen molar-refractivity contribution in [3.63, 3.8) is 0 Å². The van der Waals surface area contributed by atoms with Gasteiger partial charge < -0.3 is 10.6 Å². The van der Waals surface area contributed by atoms with Crippen LogP contribution in [-0.4, -0.2) is 28.8 Å². The maximum Gasteiger partial charge on any atom is 0.225 e. The number of hydrogen-bond donors (Lipinski definition) is 2. The molecule has 0 radical (unpaired) electrons. The number of carbonyl (C=O) groups excluding carboxylic acids is 1. The van der Waals surface area contributed by atoms with Gasteiger partial charge in [0.1, 0.15) is 0 Å². The van der Waals surface area contributed by atoms with E-state index in [1.165, 1.54) is 0 Å². The number of nitrogens with zero attached hydrogens (tertiary/aromatic N) is 2. The maximum absolute atomic E-state index is 11.9. The Labute approximate surface area is 95.2 Å². The second kappa shape index (κ2) is 4.65. The second-order valence-corrected chi connectivity index (χ2v) is 4.41. The van der Waals surface area contributed by atoms with Crippen molar-refractivity contribution >= 4 is 5.91 Å². The van der Waals surface area contributed by atoms with Crippen LogP contribution in [-0.2, 0) is 18.4 Å². The lowest BCUT2D eigenvalue weighted by molar-refractivity contribution is -0.125. The van der Waals surface area contributed by atoms with Gasteiger partial charge in [-0.1, -0.05) is 6.92 Å². The van der Waals surface area contributed by atoms with E-state index in [0.29, 0.717) is 12.5 Å². The third-order valence-corrected chi connectivity index (χ3v) is 3.22. The molecule has 0 aliphatic carbocycles. The largest absolute Gasteiger partial charge is 0.350 e. The zero-order valence-electron chi connectivity index (χ0n) is 9.73. The van der Waals surface area contributed by atoms with Crippen molar-refractivity contribution in [2.45, 2.75) is 13.5 Å². The lowest BCUT2D eigenvalue weighted by atomic mass is 9.97. The van der Waals surface area contributed by atoms with E-state index < -0.39 is 0 Å². The number of aromatic nitrogens is 2. The maximum atomic E-state index is 11.9. The Bertz CT molecular complexity index is 374. The smallest absolute Gasteiger partial charge is 0.225 e. The van der Waals surface area contributed by atoms with Crippen molar-refractivity contribution < 1.29 is 4.79 Å². The van der Waals surface area contributed by atoms with E-state index in [4.69, 9.17) is 0 Å². The van der Waals surface area contributed by atoms with E-state index in [2.05, 4.69) is 22.7 Å². The van der Waals surface area contributed by atoms with Gasteiger partial charge in [-0.05, 0) is 18.5 Å². The van der Waals surface area contributed by atoms with Crippen LogP contribution in [0.1, 0.15) is 12.6 Å². The fourth-order valence-corrected chi connectivity index (χ4v) is 2.04. The molecular formula is C11H18N4O. The molecule has 2 N–H and O–H groups in total. The van der Waals surface area contributed by atoms with Crippen LogP contribution in [0.15, 0.2) is 12.3 Å². The molecule has 2 heterocycles. The van der Waals surface area contributed by atoms with Crippen LogP contribution >= 0.6 is 0 Å². The molecule has 1 aliphatic rings. The monoisotopic (exact) mass is 222 g/mol. The zero-order chi connectivity index (χ0) is 11.5. The predicted octanol–water partition coefficient (Wildman–Crippen LogP) is -0.108. The molecule has 88 valence electrons. The quantitative estimate of drug-likeness (QED) is 0.750. The van der Waals surface area contributed by atoms with Crippen LogP contribution in [0.4, 0.5) is 0 Å². The minimum Gasteiger partial charge on any atom is -0.350 e. The fourth-order valence-electron chi connectivity index (χ4n) is 2.04. The minimum atomic E-state index is 0.105. The molecule has 0 bridgehead atoms. The number of hydrogen-bond acceptors (Lipinski definition) is 3. The van der Waals surface area contributed by atoms with E-state index in [-0.39, 0.29) is 11.8 Å². The molecule has 1 amide bonds. The van der Waals surface area contributed by atoms with Gasteiger partial charge in [-0.2, -0.15) is 5.10 Å². The first-order valence-corrected chi connectivity index (χ1v) is 5.64. The summed E-state index contributed by atoms with van der Waals surface area (Å²) in [6, 6.07) is 1.91. The molecule has 5 nitrogen and oxygen atoms in total. The first kappa shape index (κ1) is 11.1. The molecule has 2 rings (SSSR count). The molecule has 1 aromatic heterocycles. The Kier molecular flexibility index (Phi) is 3.24. The van der Waals surface area contributed by atoms with Gasteiger partial charge >= 0.3 is 0 Å². The highest BCUT2D eigenvalue weighted by molar-refractivity contribution is 5.79.